The summed E-state index contributed by atoms with van der Waals surface area (Å²) in [5.41, 5.74) is 2.49. The highest BCUT2D eigenvalue weighted by atomic mass is 16.2. The number of carbonyl (C=O) groups excluding carboxylic acids is 3. The van der Waals surface area contributed by atoms with Crippen LogP contribution in [0.1, 0.15) is 39.0 Å². The van der Waals surface area contributed by atoms with Crippen LogP contribution < -0.4 is 5.32 Å². The maximum atomic E-state index is 11.9. The molecular weight excluding hydrogens is 230 g/mol. The molecule has 96 valence electrons. The maximum Gasteiger partial charge on any atom is 0.231 e. The Morgan fingerprint density at radius 1 is 1.00 bits per heavy atom. The zero-order valence-electron chi connectivity index (χ0n) is 10.5. The molecule has 4 nitrogen and oxygen atoms in total. The van der Waals surface area contributed by atoms with E-state index >= 15 is 0 Å². The van der Waals surface area contributed by atoms with E-state index in [2.05, 4.69) is 5.32 Å². The quantitative estimate of drug-likeness (QED) is 0.519. The van der Waals surface area contributed by atoms with E-state index in [4.69, 9.17) is 0 Å². The minimum atomic E-state index is -0.220. The zero-order valence-corrected chi connectivity index (χ0v) is 10.5. The van der Waals surface area contributed by atoms with Gasteiger partial charge >= 0.3 is 0 Å². The zero-order chi connectivity index (χ0) is 12.9. The van der Waals surface area contributed by atoms with Crippen molar-refractivity contribution in [1.29, 1.82) is 0 Å². The lowest BCUT2D eigenvalue weighted by atomic mass is 9.68. The number of nitrogens with one attached hydrogen (secondary N) is 1. The van der Waals surface area contributed by atoms with E-state index in [1.807, 2.05) is 6.92 Å². The predicted molar refractivity (Wildman–Crippen MR) is 64.4 cm³/mol. The lowest BCUT2D eigenvalue weighted by Gasteiger charge is -2.33. The highest BCUT2D eigenvalue weighted by molar-refractivity contribution is 6.05. The van der Waals surface area contributed by atoms with E-state index < -0.39 is 0 Å². The summed E-state index contributed by atoms with van der Waals surface area (Å²) in [5.74, 6) is -0.275. The first-order valence-electron chi connectivity index (χ1n) is 6.63. The van der Waals surface area contributed by atoms with Crippen LogP contribution in [0, 0.1) is 17.8 Å². The lowest BCUT2D eigenvalue weighted by Crippen LogP contribution is -2.32. The molecule has 18 heavy (non-hydrogen) atoms. The number of imide groups is 1. The molecule has 0 spiro atoms. The van der Waals surface area contributed by atoms with Crippen LogP contribution in [0.4, 0.5) is 0 Å². The smallest absolute Gasteiger partial charge is 0.231 e. The fourth-order valence-corrected chi connectivity index (χ4v) is 3.79. The minimum Gasteiger partial charge on any atom is -0.300 e. The number of allylic oxidation sites excluding steroid dienone is 2. The van der Waals surface area contributed by atoms with Crippen LogP contribution in [0.25, 0.3) is 0 Å². The number of amides is 2. The molecule has 3 atom stereocenters. The van der Waals surface area contributed by atoms with Crippen LogP contribution in [-0.4, -0.2) is 17.6 Å². The fourth-order valence-electron chi connectivity index (χ4n) is 3.79. The summed E-state index contributed by atoms with van der Waals surface area (Å²) < 4.78 is 0. The molecule has 1 N–H and O–H groups in total. The maximum absolute atomic E-state index is 11.9. The monoisotopic (exact) mass is 247 g/mol. The summed E-state index contributed by atoms with van der Waals surface area (Å²) in [6, 6.07) is 0. The highest BCUT2D eigenvalue weighted by Gasteiger charge is 2.49. The lowest BCUT2D eigenvalue weighted by molar-refractivity contribution is -0.126. The normalized spacial score (nSPS) is 36.1. The second-order valence-electron chi connectivity index (χ2n) is 5.68. The van der Waals surface area contributed by atoms with Crippen LogP contribution in [-0.2, 0) is 14.4 Å². The molecule has 1 saturated heterocycles. The molecule has 2 amide bonds. The van der Waals surface area contributed by atoms with Gasteiger partial charge in [-0.2, -0.15) is 0 Å². The Labute approximate surface area is 106 Å². The van der Waals surface area contributed by atoms with Crippen molar-refractivity contribution in [3.8, 4) is 0 Å². The van der Waals surface area contributed by atoms with E-state index in [1.165, 1.54) is 11.1 Å². The molecule has 3 unspecified atom stereocenters. The second kappa shape index (κ2) is 4.04. The van der Waals surface area contributed by atoms with Crippen LogP contribution in [0.15, 0.2) is 11.1 Å². The number of hydrogen-bond donors (Lipinski definition) is 1. The summed E-state index contributed by atoms with van der Waals surface area (Å²) in [5, 5.41) is 2.45. The van der Waals surface area contributed by atoms with Gasteiger partial charge in [0, 0.05) is 12.8 Å². The molecule has 3 rings (SSSR count). The summed E-state index contributed by atoms with van der Waals surface area (Å²) in [6.45, 7) is 2.05. The molecule has 3 aliphatic rings. The molecule has 2 aliphatic carbocycles. The van der Waals surface area contributed by atoms with Gasteiger partial charge in [-0.05, 0) is 32.1 Å². The first kappa shape index (κ1) is 11.6. The molecule has 0 aromatic rings. The summed E-state index contributed by atoms with van der Waals surface area (Å²) in [6.07, 6.45) is 3.33. The van der Waals surface area contributed by atoms with Gasteiger partial charge in [-0.25, -0.2) is 0 Å². The van der Waals surface area contributed by atoms with Gasteiger partial charge in [-0.1, -0.05) is 11.1 Å². The molecule has 0 aromatic heterocycles. The molecule has 2 fully saturated rings. The number of carbonyl (C=O) groups is 3. The van der Waals surface area contributed by atoms with E-state index in [0.29, 0.717) is 19.3 Å². The Kier molecular flexibility index (Phi) is 2.61. The van der Waals surface area contributed by atoms with Crippen LogP contribution in [0.3, 0.4) is 0 Å². The molecule has 0 bridgehead atoms. The van der Waals surface area contributed by atoms with Crippen LogP contribution >= 0.6 is 0 Å². The molecule has 1 saturated carbocycles. The van der Waals surface area contributed by atoms with Gasteiger partial charge in [0.25, 0.3) is 0 Å². The van der Waals surface area contributed by atoms with Crippen molar-refractivity contribution in [3.05, 3.63) is 11.1 Å². The van der Waals surface area contributed by atoms with Crippen LogP contribution in [0.2, 0.25) is 0 Å². The summed E-state index contributed by atoms with van der Waals surface area (Å²) >= 11 is 0. The number of fused-ring (bicyclic) bond motifs is 3. The number of ketones is 1. The molecule has 4 heteroatoms. The Bertz CT molecular complexity index is 477. The van der Waals surface area contributed by atoms with Crippen LogP contribution in [0.5, 0.6) is 0 Å². The Morgan fingerprint density at radius 2 is 1.78 bits per heavy atom. The number of Topliss-reactive ketones (excluding diaryl/α,β-unsaturated/α-hetero) is 1. The summed E-state index contributed by atoms with van der Waals surface area (Å²) in [4.78, 5) is 35.3. The molecule has 0 radical (unpaired) electrons. The van der Waals surface area contributed by atoms with Crippen molar-refractivity contribution in [1.82, 2.24) is 5.32 Å². The average Bonchev–Trinajstić information content (AvgIpc) is 2.51. The van der Waals surface area contributed by atoms with Gasteiger partial charge in [0.15, 0.2) is 0 Å². The Balaban J connectivity index is 2.00. The van der Waals surface area contributed by atoms with E-state index in [1.54, 1.807) is 0 Å². The standard InChI is InChI=1S/C14H17NO3/c1-7-6-11-12(14(18)15-13(11)17)10-5-3-8(16)2-4-9(7)10/h10-12H,2-6H2,1H3,(H,15,17,18). The Morgan fingerprint density at radius 3 is 2.56 bits per heavy atom. The van der Waals surface area contributed by atoms with Gasteiger partial charge in [0.05, 0.1) is 11.8 Å². The molecule has 1 heterocycles. The highest BCUT2D eigenvalue weighted by Crippen LogP contribution is 2.46. The van der Waals surface area contributed by atoms with E-state index in [0.717, 1.165) is 12.8 Å². The Hall–Kier alpha value is -1.45. The topological polar surface area (TPSA) is 63.2 Å². The number of hydrogen-bond acceptors (Lipinski definition) is 3. The predicted octanol–water partition coefficient (Wildman–Crippen LogP) is 1.35. The first-order chi connectivity index (χ1) is 8.58. The van der Waals surface area contributed by atoms with Gasteiger partial charge < -0.3 is 0 Å². The van der Waals surface area contributed by atoms with Crippen molar-refractivity contribution in [2.75, 3.05) is 0 Å². The van der Waals surface area contributed by atoms with Crippen molar-refractivity contribution in [2.45, 2.75) is 39.0 Å². The van der Waals surface area contributed by atoms with E-state index in [-0.39, 0.29) is 35.4 Å². The molecule has 0 aromatic carbocycles. The third-order valence-corrected chi connectivity index (χ3v) is 4.68. The van der Waals surface area contributed by atoms with Gasteiger partial charge in [0.2, 0.25) is 11.8 Å². The van der Waals surface area contributed by atoms with Crippen molar-refractivity contribution >= 4 is 17.6 Å². The van der Waals surface area contributed by atoms with Gasteiger partial charge in [0.1, 0.15) is 5.78 Å². The summed E-state index contributed by atoms with van der Waals surface area (Å²) in [7, 11) is 0. The van der Waals surface area contributed by atoms with Crippen molar-refractivity contribution in [2.24, 2.45) is 17.8 Å². The number of rotatable bonds is 0. The second-order valence-corrected chi connectivity index (χ2v) is 5.68. The molecule has 1 aliphatic heterocycles. The van der Waals surface area contributed by atoms with Crippen molar-refractivity contribution < 1.29 is 14.4 Å². The first-order valence-corrected chi connectivity index (χ1v) is 6.63. The van der Waals surface area contributed by atoms with E-state index in [9.17, 15) is 14.4 Å². The average molecular weight is 247 g/mol. The SMILES string of the molecule is CC1=C2CCC(=O)CCC2C2C(=O)NC(=O)C2C1. The minimum absolute atomic E-state index is 0.113. The van der Waals surface area contributed by atoms with Gasteiger partial charge in [-0.3, -0.25) is 19.7 Å². The molecular formula is C14H17NO3. The third-order valence-electron chi connectivity index (χ3n) is 4.68. The van der Waals surface area contributed by atoms with Gasteiger partial charge in [-0.15, -0.1) is 0 Å². The third kappa shape index (κ3) is 1.62. The largest absolute Gasteiger partial charge is 0.300 e. The van der Waals surface area contributed by atoms with Crippen molar-refractivity contribution in [3.63, 3.8) is 0 Å². The fraction of sp³-hybridized carbons (Fsp3) is 0.643.